The predicted octanol–water partition coefficient (Wildman–Crippen LogP) is 2.54. The lowest BCUT2D eigenvalue weighted by molar-refractivity contribution is -0.127. The number of hydrogen-bond donors (Lipinski definition) is 2. The van der Waals surface area contributed by atoms with E-state index in [1.54, 1.807) is 30.3 Å². The molecule has 3 N–H and O–H groups in total. The summed E-state index contributed by atoms with van der Waals surface area (Å²) in [5, 5.41) is 3.07. The number of rotatable bonds is 7. The van der Waals surface area contributed by atoms with E-state index in [4.69, 9.17) is 28.9 Å². The first-order chi connectivity index (χ1) is 17.0. The molecule has 1 amide bonds. The number of nitrogens with zero attached hydrogens (tertiary/aromatic N) is 2. The smallest absolute Gasteiger partial charge is 0.254 e. The molecule has 1 aliphatic carbocycles. The van der Waals surface area contributed by atoms with Gasteiger partial charge in [0.25, 0.3) is 5.91 Å². The molecule has 2 aliphatic rings. The first-order valence-electron chi connectivity index (χ1n) is 11.6. The highest BCUT2D eigenvalue weighted by Gasteiger charge is 2.49. The van der Waals surface area contributed by atoms with Gasteiger partial charge in [-0.2, -0.15) is 8.61 Å². The van der Waals surface area contributed by atoms with Gasteiger partial charge in [-0.3, -0.25) is 4.79 Å². The van der Waals surface area contributed by atoms with Crippen molar-refractivity contribution in [1.29, 1.82) is 0 Å². The van der Waals surface area contributed by atoms with E-state index in [0.29, 0.717) is 18.4 Å². The predicted molar refractivity (Wildman–Crippen MR) is 138 cm³/mol. The molecule has 1 aliphatic heterocycles. The van der Waals surface area contributed by atoms with Gasteiger partial charge in [0.05, 0.1) is 20.7 Å². The van der Waals surface area contributed by atoms with Crippen LogP contribution in [0.4, 0.5) is 0 Å². The molecule has 0 spiro atoms. The van der Waals surface area contributed by atoms with E-state index in [1.807, 2.05) is 0 Å². The Morgan fingerprint density at radius 1 is 0.917 bits per heavy atom. The summed E-state index contributed by atoms with van der Waals surface area (Å²) >= 11 is 12.0. The number of nitrogens with one attached hydrogen (secondary N) is 1. The van der Waals surface area contributed by atoms with Gasteiger partial charge in [-0.1, -0.05) is 53.5 Å². The van der Waals surface area contributed by atoms with Crippen molar-refractivity contribution in [1.82, 2.24) is 13.9 Å². The Morgan fingerprint density at radius 3 is 2.19 bits per heavy atom. The van der Waals surface area contributed by atoms with Gasteiger partial charge in [0.2, 0.25) is 20.0 Å². The quantitative estimate of drug-likeness (QED) is 0.522. The third-order valence-electron chi connectivity index (χ3n) is 6.49. The third kappa shape index (κ3) is 5.88. The molecule has 196 valence electrons. The minimum atomic E-state index is -4.28. The van der Waals surface area contributed by atoms with Crippen molar-refractivity contribution in [3.63, 3.8) is 0 Å². The van der Waals surface area contributed by atoms with Crippen LogP contribution in [0.5, 0.6) is 0 Å². The van der Waals surface area contributed by atoms with Crippen LogP contribution in [0.2, 0.25) is 10.0 Å². The van der Waals surface area contributed by atoms with E-state index < -0.39 is 32.1 Å². The topological polar surface area (TPSA) is 130 Å². The van der Waals surface area contributed by atoms with Crippen molar-refractivity contribution in [3.8, 4) is 0 Å². The van der Waals surface area contributed by atoms with Gasteiger partial charge in [-0.25, -0.2) is 16.8 Å². The highest BCUT2D eigenvalue weighted by atomic mass is 35.5. The fourth-order valence-electron chi connectivity index (χ4n) is 4.57. The van der Waals surface area contributed by atoms with E-state index in [9.17, 15) is 21.6 Å². The molecule has 2 fully saturated rings. The maximum atomic E-state index is 13.6. The summed E-state index contributed by atoms with van der Waals surface area (Å²) in [5.74, 6) is -1.05. The molecule has 2 aromatic rings. The van der Waals surface area contributed by atoms with Gasteiger partial charge in [0, 0.05) is 25.2 Å². The summed E-state index contributed by atoms with van der Waals surface area (Å²) in [7, 11) is -8.33. The molecule has 0 aromatic heterocycles. The average molecular weight is 576 g/mol. The Kier molecular flexibility index (Phi) is 8.30. The fourth-order valence-corrected chi connectivity index (χ4v) is 8.22. The number of nitrogens with two attached hydrogens (primary N) is 1. The second-order valence-electron chi connectivity index (χ2n) is 9.04. The van der Waals surface area contributed by atoms with Crippen LogP contribution in [0.3, 0.4) is 0 Å². The molecule has 4 rings (SSSR count). The number of carbonyl (C=O) groups is 1. The summed E-state index contributed by atoms with van der Waals surface area (Å²) in [6.45, 7) is -0.354. The largest absolute Gasteiger partial charge is 0.351 e. The minimum Gasteiger partial charge on any atom is -0.351 e. The van der Waals surface area contributed by atoms with Gasteiger partial charge >= 0.3 is 0 Å². The number of carbonyl (C=O) groups excluding carboxylic acids is 1. The highest BCUT2D eigenvalue weighted by Crippen LogP contribution is 2.31. The van der Waals surface area contributed by atoms with Crippen molar-refractivity contribution in [2.75, 3.05) is 13.1 Å². The van der Waals surface area contributed by atoms with Gasteiger partial charge < -0.3 is 11.1 Å². The maximum absolute atomic E-state index is 13.6. The molecule has 1 saturated carbocycles. The standard InChI is InChI=1S/C23H28Cl2N4O5S2/c24-20-11-10-19(14-21(20)25)36(33,34)29-13-12-28(35(31,32)15-16-4-2-1-3-5-16)23(29)22(30)27-18-8-6-17(26)7-9-18/h1-5,10-11,14,17-18,23H,6-9,12-13,15,26H2,(H,27,30). The number of sulfonamides is 2. The number of hydrogen-bond acceptors (Lipinski definition) is 6. The normalized spacial score (nSPS) is 24.0. The van der Waals surface area contributed by atoms with E-state index in [2.05, 4.69) is 5.32 Å². The zero-order valence-electron chi connectivity index (χ0n) is 19.4. The molecule has 36 heavy (non-hydrogen) atoms. The number of benzene rings is 2. The Hall–Kier alpha value is -1.73. The Balaban J connectivity index is 1.67. The minimum absolute atomic E-state index is 0.0324. The first kappa shape index (κ1) is 27.3. The third-order valence-corrected chi connectivity index (χ3v) is 10.9. The van der Waals surface area contributed by atoms with Crippen molar-refractivity contribution in [2.24, 2.45) is 5.73 Å². The first-order valence-corrected chi connectivity index (χ1v) is 15.4. The van der Waals surface area contributed by atoms with Crippen molar-refractivity contribution in [3.05, 3.63) is 64.1 Å². The number of amides is 1. The van der Waals surface area contributed by atoms with Crippen molar-refractivity contribution in [2.45, 2.75) is 54.6 Å². The van der Waals surface area contributed by atoms with Crippen LogP contribution in [0, 0.1) is 0 Å². The Morgan fingerprint density at radius 2 is 1.56 bits per heavy atom. The van der Waals surface area contributed by atoms with Gasteiger partial charge in [-0.05, 0) is 49.4 Å². The molecule has 0 bridgehead atoms. The Labute approximate surface area is 221 Å². The maximum Gasteiger partial charge on any atom is 0.254 e. The van der Waals surface area contributed by atoms with Gasteiger partial charge in [0.15, 0.2) is 6.17 Å². The van der Waals surface area contributed by atoms with Crippen LogP contribution >= 0.6 is 23.2 Å². The van der Waals surface area contributed by atoms with Gasteiger partial charge in [0.1, 0.15) is 0 Å². The summed E-state index contributed by atoms with van der Waals surface area (Å²) in [4.78, 5) is 13.3. The summed E-state index contributed by atoms with van der Waals surface area (Å²) < 4.78 is 55.9. The van der Waals surface area contributed by atoms with Crippen molar-refractivity contribution < 1.29 is 21.6 Å². The molecule has 13 heteroatoms. The fraction of sp³-hybridized carbons (Fsp3) is 0.435. The molecular formula is C23H28Cl2N4O5S2. The zero-order chi connectivity index (χ0) is 26.1. The van der Waals surface area contributed by atoms with Crippen LogP contribution in [-0.4, -0.2) is 62.7 Å². The second kappa shape index (κ2) is 10.9. The molecule has 1 heterocycles. The zero-order valence-corrected chi connectivity index (χ0v) is 22.5. The second-order valence-corrected chi connectivity index (χ2v) is 13.7. The monoisotopic (exact) mass is 574 g/mol. The molecule has 1 saturated heterocycles. The van der Waals surface area contributed by atoms with Gasteiger partial charge in [-0.15, -0.1) is 0 Å². The lowest BCUT2D eigenvalue weighted by atomic mass is 9.92. The molecule has 0 radical (unpaired) electrons. The SMILES string of the molecule is NC1CCC(NC(=O)C2N(S(=O)(=O)Cc3ccccc3)CCN2S(=O)(=O)c2ccc(Cl)c(Cl)c2)CC1. The van der Waals surface area contributed by atoms with E-state index >= 15 is 0 Å². The van der Waals surface area contributed by atoms with Crippen LogP contribution in [0.15, 0.2) is 53.4 Å². The molecular weight excluding hydrogens is 547 g/mol. The van der Waals surface area contributed by atoms with Crippen LogP contribution < -0.4 is 11.1 Å². The molecule has 1 unspecified atom stereocenters. The average Bonchev–Trinajstić information content (AvgIpc) is 3.30. The number of halogens is 2. The summed E-state index contributed by atoms with van der Waals surface area (Å²) in [5.41, 5.74) is 6.49. The molecule has 9 nitrogen and oxygen atoms in total. The van der Waals surface area contributed by atoms with Crippen LogP contribution in [0.1, 0.15) is 31.2 Å². The van der Waals surface area contributed by atoms with Crippen molar-refractivity contribution >= 4 is 49.2 Å². The van der Waals surface area contributed by atoms with E-state index in [-0.39, 0.29) is 45.9 Å². The van der Waals surface area contributed by atoms with Crippen LogP contribution in [0.25, 0.3) is 0 Å². The lowest BCUT2D eigenvalue weighted by Gasteiger charge is -2.32. The Bertz CT molecular complexity index is 1320. The lowest BCUT2D eigenvalue weighted by Crippen LogP contribution is -2.56. The molecule has 1 atom stereocenters. The van der Waals surface area contributed by atoms with Crippen LogP contribution in [-0.2, 0) is 30.6 Å². The summed E-state index contributed by atoms with van der Waals surface area (Å²) in [6.07, 6.45) is 1.13. The molecule has 2 aromatic carbocycles. The van der Waals surface area contributed by atoms with E-state index in [0.717, 1.165) is 21.5 Å². The highest BCUT2D eigenvalue weighted by molar-refractivity contribution is 7.89. The summed E-state index contributed by atoms with van der Waals surface area (Å²) in [6, 6.07) is 12.2. The van der Waals surface area contributed by atoms with E-state index in [1.165, 1.54) is 18.2 Å².